The van der Waals surface area contributed by atoms with Gasteiger partial charge in [0, 0.05) is 18.2 Å². The Kier molecular flexibility index (Phi) is 4.83. The van der Waals surface area contributed by atoms with Gasteiger partial charge in [-0.25, -0.2) is 0 Å². The van der Waals surface area contributed by atoms with Gasteiger partial charge < -0.3 is 14.7 Å². The Morgan fingerprint density at radius 1 is 1.38 bits per heavy atom. The van der Waals surface area contributed by atoms with Crippen LogP contribution in [0.1, 0.15) is 38.2 Å². The van der Waals surface area contributed by atoms with E-state index in [0.717, 1.165) is 11.3 Å². The Morgan fingerprint density at radius 2 is 2.10 bits per heavy atom. The standard InChI is InChI=1S/C16H21NO4/c1-11(2)17(9-7-15(18)19)16(20)13-8-10-21-14-6-4-3-5-12(13)14/h3-6,11,13H,7-10H2,1-2H3,(H,18,19). The van der Waals surface area contributed by atoms with Gasteiger partial charge in [0.15, 0.2) is 0 Å². The van der Waals surface area contributed by atoms with Gasteiger partial charge in [0.1, 0.15) is 5.75 Å². The first-order valence-corrected chi connectivity index (χ1v) is 7.24. The van der Waals surface area contributed by atoms with Crippen molar-refractivity contribution < 1.29 is 19.4 Å². The summed E-state index contributed by atoms with van der Waals surface area (Å²) in [6.07, 6.45) is 0.598. The highest BCUT2D eigenvalue weighted by Crippen LogP contribution is 2.34. The van der Waals surface area contributed by atoms with Gasteiger partial charge in [0.25, 0.3) is 0 Å². The summed E-state index contributed by atoms with van der Waals surface area (Å²) in [4.78, 5) is 25.2. The molecule has 5 heteroatoms. The molecule has 2 rings (SSSR count). The van der Waals surface area contributed by atoms with Gasteiger partial charge in [-0.2, -0.15) is 0 Å². The van der Waals surface area contributed by atoms with E-state index < -0.39 is 5.97 Å². The second-order valence-corrected chi connectivity index (χ2v) is 5.50. The fourth-order valence-corrected chi connectivity index (χ4v) is 2.64. The first-order chi connectivity index (χ1) is 10.0. The summed E-state index contributed by atoms with van der Waals surface area (Å²) in [6.45, 7) is 4.57. The van der Waals surface area contributed by atoms with Gasteiger partial charge in [0.2, 0.25) is 5.91 Å². The summed E-state index contributed by atoms with van der Waals surface area (Å²) in [5.41, 5.74) is 0.898. The van der Waals surface area contributed by atoms with Crippen molar-refractivity contribution in [3.8, 4) is 5.75 Å². The van der Waals surface area contributed by atoms with Crippen LogP contribution >= 0.6 is 0 Å². The van der Waals surface area contributed by atoms with Crippen LogP contribution in [0.5, 0.6) is 5.75 Å². The maximum Gasteiger partial charge on any atom is 0.305 e. The Balaban J connectivity index is 2.19. The van der Waals surface area contributed by atoms with Crippen LogP contribution < -0.4 is 4.74 Å². The molecule has 0 saturated carbocycles. The molecule has 1 heterocycles. The van der Waals surface area contributed by atoms with Crippen molar-refractivity contribution >= 4 is 11.9 Å². The lowest BCUT2D eigenvalue weighted by Crippen LogP contribution is -2.42. The molecule has 21 heavy (non-hydrogen) atoms. The third-order valence-corrected chi connectivity index (χ3v) is 3.73. The largest absolute Gasteiger partial charge is 0.493 e. The van der Waals surface area contributed by atoms with Crippen LogP contribution in [-0.4, -0.2) is 41.1 Å². The smallest absolute Gasteiger partial charge is 0.305 e. The minimum Gasteiger partial charge on any atom is -0.493 e. The van der Waals surface area contributed by atoms with E-state index in [0.29, 0.717) is 13.0 Å². The van der Waals surface area contributed by atoms with E-state index in [-0.39, 0.29) is 30.8 Å². The van der Waals surface area contributed by atoms with Gasteiger partial charge in [-0.1, -0.05) is 18.2 Å². The van der Waals surface area contributed by atoms with E-state index in [1.807, 2.05) is 38.1 Å². The number of aliphatic carboxylic acids is 1. The molecule has 114 valence electrons. The van der Waals surface area contributed by atoms with Crippen molar-refractivity contribution in [2.45, 2.75) is 38.6 Å². The number of benzene rings is 1. The molecular formula is C16H21NO4. The monoisotopic (exact) mass is 291 g/mol. The van der Waals surface area contributed by atoms with Crippen LogP contribution in [0.2, 0.25) is 0 Å². The highest BCUT2D eigenvalue weighted by molar-refractivity contribution is 5.85. The normalized spacial score (nSPS) is 17.0. The molecule has 1 unspecified atom stereocenters. The van der Waals surface area contributed by atoms with Gasteiger partial charge >= 0.3 is 5.97 Å². The molecule has 1 N–H and O–H groups in total. The first-order valence-electron chi connectivity index (χ1n) is 7.24. The lowest BCUT2D eigenvalue weighted by Gasteiger charge is -2.33. The number of hydrogen-bond donors (Lipinski definition) is 1. The van der Waals surface area contributed by atoms with Crippen LogP contribution in [0.15, 0.2) is 24.3 Å². The predicted octanol–water partition coefficient (Wildman–Crippen LogP) is 2.26. The number of carbonyl (C=O) groups is 2. The first kappa shape index (κ1) is 15.4. The van der Waals surface area contributed by atoms with Gasteiger partial charge in [-0.05, 0) is 26.3 Å². The number of hydrogen-bond acceptors (Lipinski definition) is 3. The second-order valence-electron chi connectivity index (χ2n) is 5.50. The van der Waals surface area contributed by atoms with Crippen molar-refractivity contribution in [3.63, 3.8) is 0 Å². The number of carboxylic acids is 1. The van der Waals surface area contributed by atoms with E-state index in [1.54, 1.807) is 4.90 Å². The average molecular weight is 291 g/mol. The molecule has 0 saturated heterocycles. The van der Waals surface area contributed by atoms with Gasteiger partial charge in [-0.15, -0.1) is 0 Å². The molecule has 0 fully saturated rings. The number of carboxylic acid groups (broad SMARTS) is 1. The Bertz CT molecular complexity index is 527. The molecule has 1 aliphatic rings. The number of para-hydroxylation sites is 1. The van der Waals surface area contributed by atoms with Crippen molar-refractivity contribution in [2.24, 2.45) is 0 Å². The Labute approximate surface area is 124 Å². The van der Waals surface area contributed by atoms with Crippen molar-refractivity contribution in [2.75, 3.05) is 13.2 Å². The number of ether oxygens (including phenoxy) is 1. The lowest BCUT2D eigenvalue weighted by atomic mass is 9.91. The summed E-state index contributed by atoms with van der Waals surface area (Å²) in [6, 6.07) is 7.53. The van der Waals surface area contributed by atoms with Crippen molar-refractivity contribution in [3.05, 3.63) is 29.8 Å². The molecule has 0 spiro atoms. The number of nitrogens with zero attached hydrogens (tertiary/aromatic N) is 1. The molecule has 1 aromatic carbocycles. The molecule has 0 aliphatic carbocycles. The summed E-state index contributed by atoms with van der Waals surface area (Å²) in [7, 11) is 0. The van der Waals surface area contributed by atoms with E-state index >= 15 is 0 Å². The molecule has 1 aliphatic heterocycles. The van der Waals surface area contributed by atoms with Crippen molar-refractivity contribution in [1.82, 2.24) is 4.90 Å². The minimum absolute atomic E-state index is 0.0120. The number of rotatable bonds is 5. The van der Waals surface area contributed by atoms with Crippen LogP contribution in [0.25, 0.3) is 0 Å². The van der Waals surface area contributed by atoms with Gasteiger partial charge in [0.05, 0.1) is 18.9 Å². The molecule has 0 radical (unpaired) electrons. The lowest BCUT2D eigenvalue weighted by molar-refractivity contribution is -0.139. The van der Waals surface area contributed by atoms with Crippen LogP contribution in [0.3, 0.4) is 0 Å². The van der Waals surface area contributed by atoms with Crippen molar-refractivity contribution in [1.29, 1.82) is 0 Å². The zero-order valence-corrected chi connectivity index (χ0v) is 12.4. The molecule has 5 nitrogen and oxygen atoms in total. The zero-order valence-electron chi connectivity index (χ0n) is 12.4. The Morgan fingerprint density at radius 3 is 2.76 bits per heavy atom. The maximum atomic E-state index is 12.8. The number of fused-ring (bicyclic) bond motifs is 1. The minimum atomic E-state index is -0.888. The number of carbonyl (C=O) groups excluding carboxylic acids is 1. The van der Waals surface area contributed by atoms with E-state index in [2.05, 4.69) is 0 Å². The van der Waals surface area contributed by atoms with E-state index in [1.165, 1.54) is 0 Å². The molecule has 1 aromatic rings. The second kappa shape index (κ2) is 6.61. The zero-order chi connectivity index (χ0) is 15.4. The Hall–Kier alpha value is -2.04. The topological polar surface area (TPSA) is 66.8 Å². The maximum absolute atomic E-state index is 12.8. The predicted molar refractivity (Wildman–Crippen MR) is 78.4 cm³/mol. The van der Waals surface area contributed by atoms with Crippen LogP contribution in [-0.2, 0) is 9.59 Å². The molecule has 0 bridgehead atoms. The molecule has 0 aromatic heterocycles. The molecule has 1 atom stereocenters. The highest BCUT2D eigenvalue weighted by Gasteiger charge is 2.31. The third-order valence-electron chi connectivity index (χ3n) is 3.73. The SMILES string of the molecule is CC(C)N(CCC(=O)O)C(=O)C1CCOc2ccccc21. The highest BCUT2D eigenvalue weighted by atomic mass is 16.5. The summed E-state index contributed by atoms with van der Waals surface area (Å²) in [5, 5.41) is 8.84. The fraction of sp³-hybridized carbons (Fsp3) is 0.500. The van der Waals surface area contributed by atoms with Crippen LogP contribution in [0.4, 0.5) is 0 Å². The quantitative estimate of drug-likeness (QED) is 0.903. The number of amides is 1. The summed E-state index contributed by atoms with van der Waals surface area (Å²) >= 11 is 0. The third kappa shape index (κ3) is 3.54. The fourth-order valence-electron chi connectivity index (χ4n) is 2.64. The van der Waals surface area contributed by atoms with E-state index in [9.17, 15) is 9.59 Å². The molecule has 1 amide bonds. The average Bonchev–Trinajstić information content (AvgIpc) is 2.46. The van der Waals surface area contributed by atoms with Gasteiger partial charge in [-0.3, -0.25) is 9.59 Å². The summed E-state index contributed by atoms with van der Waals surface area (Å²) in [5.74, 6) is -0.391. The van der Waals surface area contributed by atoms with E-state index in [4.69, 9.17) is 9.84 Å². The molecular weight excluding hydrogens is 270 g/mol. The van der Waals surface area contributed by atoms with Crippen LogP contribution in [0, 0.1) is 0 Å². The summed E-state index contributed by atoms with van der Waals surface area (Å²) < 4.78 is 5.58.